The molecule has 148 valence electrons. The van der Waals surface area contributed by atoms with Gasteiger partial charge in [-0.2, -0.15) is 4.98 Å². The van der Waals surface area contributed by atoms with Gasteiger partial charge in [0.25, 0.3) is 0 Å². The number of carbonyl (C=O) groups is 1. The third-order valence-corrected chi connectivity index (χ3v) is 4.86. The highest BCUT2D eigenvalue weighted by molar-refractivity contribution is 5.88. The topological polar surface area (TPSA) is 94.1 Å². The van der Waals surface area contributed by atoms with Gasteiger partial charge in [0.2, 0.25) is 17.6 Å². The van der Waals surface area contributed by atoms with E-state index in [4.69, 9.17) is 8.94 Å². The second-order valence-electron chi connectivity index (χ2n) is 7.32. The number of carbonyl (C=O) groups excluding carboxylic acids is 1. The first-order valence-electron chi connectivity index (χ1n) is 9.51. The maximum Gasteiger partial charge on any atom is 0.246 e. The standard InChI is InChI=1S/C22H22N4O3/c1-13(2)17-10-18-16(12-28-19(18)8-14(17)3)9-20(27)24-11-21-25-22(26-29-21)15-4-6-23-7-5-15/h4-8,10,12-13H,9,11H2,1-3H3,(H,24,27). The van der Waals surface area contributed by atoms with Crippen LogP contribution in [0.2, 0.25) is 0 Å². The first kappa shape index (κ1) is 18.9. The van der Waals surface area contributed by atoms with Crippen LogP contribution in [-0.4, -0.2) is 21.0 Å². The highest BCUT2D eigenvalue weighted by Gasteiger charge is 2.15. The predicted molar refractivity (Wildman–Crippen MR) is 108 cm³/mol. The van der Waals surface area contributed by atoms with E-state index in [0.717, 1.165) is 22.1 Å². The molecule has 0 fully saturated rings. The van der Waals surface area contributed by atoms with Crippen molar-refractivity contribution in [2.75, 3.05) is 0 Å². The molecule has 7 heteroatoms. The maximum absolute atomic E-state index is 12.4. The Morgan fingerprint density at radius 2 is 2.00 bits per heavy atom. The van der Waals surface area contributed by atoms with Gasteiger partial charge < -0.3 is 14.3 Å². The fourth-order valence-electron chi connectivity index (χ4n) is 3.36. The number of nitrogens with zero attached hydrogens (tertiary/aromatic N) is 3. The van der Waals surface area contributed by atoms with Crippen molar-refractivity contribution in [1.29, 1.82) is 0 Å². The summed E-state index contributed by atoms with van der Waals surface area (Å²) in [5, 5.41) is 7.74. The Kier molecular flexibility index (Phi) is 5.12. The number of pyridine rings is 1. The highest BCUT2D eigenvalue weighted by atomic mass is 16.5. The number of amides is 1. The minimum absolute atomic E-state index is 0.136. The molecule has 0 bridgehead atoms. The van der Waals surface area contributed by atoms with Gasteiger partial charge in [-0.3, -0.25) is 9.78 Å². The van der Waals surface area contributed by atoms with Gasteiger partial charge in [0, 0.05) is 28.9 Å². The maximum atomic E-state index is 12.4. The van der Waals surface area contributed by atoms with Gasteiger partial charge >= 0.3 is 0 Å². The van der Waals surface area contributed by atoms with Crippen molar-refractivity contribution in [3.05, 3.63) is 65.5 Å². The molecule has 0 aliphatic rings. The number of nitrogens with one attached hydrogen (secondary N) is 1. The molecule has 0 saturated heterocycles. The highest BCUT2D eigenvalue weighted by Crippen LogP contribution is 2.29. The molecule has 1 amide bonds. The normalized spacial score (nSPS) is 11.3. The lowest BCUT2D eigenvalue weighted by Gasteiger charge is -2.10. The van der Waals surface area contributed by atoms with Crippen molar-refractivity contribution in [2.45, 2.75) is 39.7 Å². The zero-order valence-electron chi connectivity index (χ0n) is 16.6. The third kappa shape index (κ3) is 4.03. The van der Waals surface area contributed by atoms with Gasteiger partial charge in [0.15, 0.2) is 0 Å². The Hall–Kier alpha value is -3.48. The Balaban J connectivity index is 1.43. The largest absolute Gasteiger partial charge is 0.464 e. The number of rotatable bonds is 6. The van der Waals surface area contributed by atoms with Gasteiger partial charge in [-0.15, -0.1) is 0 Å². The molecule has 0 atom stereocenters. The predicted octanol–water partition coefficient (Wildman–Crippen LogP) is 4.17. The number of hydrogen-bond acceptors (Lipinski definition) is 6. The minimum atomic E-state index is -0.136. The molecular weight excluding hydrogens is 368 g/mol. The van der Waals surface area contributed by atoms with E-state index >= 15 is 0 Å². The van der Waals surface area contributed by atoms with Gasteiger partial charge in [-0.1, -0.05) is 19.0 Å². The molecule has 3 heterocycles. The molecule has 3 aromatic heterocycles. The smallest absolute Gasteiger partial charge is 0.246 e. The van der Waals surface area contributed by atoms with Crippen LogP contribution in [-0.2, 0) is 17.8 Å². The summed E-state index contributed by atoms with van der Waals surface area (Å²) in [7, 11) is 0. The summed E-state index contributed by atoms with van der Waals surface area (Å²) >= 11 is 0. The quantitative estimate of drug-likeness (QED) is 0.531. The number of fused-ring (bicyclic) bond motifs is 1. The van der Waals surface area contributed by atoms with Crippen molar-refractivity contribution in [3.8, 4) is 11.4 Å². The Morgan fingerprint density at radius 3 is 2.76 bits per heavy atom. The van der Waals surface area contributed by atoms with Crippen molar-refractivity contribution in [2.24, 2.45) is 0 Å². The third-order valence-electron chi connectivity index (χ3n) is 4.86. The lowest BCUT2D eigenvalue weighted by molar-refractivity contribution is -0.120. The van der Waals surface area contributed by atoms with Crippen molar-refractivity contribution in [1.82, 2.24) is 20.4 Å². The summed E-state index contributed by atoms with van der Waals surface area (Å²) in [6.45, 7) is 6.56. The van der Waals surface area contributed by atoms with E-state index in [-0.39, 0.29) is 18.9 Å². The van der Waals surface area contributed by atoms with E-state index in [1.165, 1.54) is 11.1 Å². The second kappa shape index (κ2) is 7.87. The van der Waals surface area contributed by atoms with Crippen molar-refractivity contribution >= 4 is 16.9 Å². The van der Waals surface area contributed by atoms with Crippen molar-refractivity contribution in [3.63, 3.8) is 0 Å². The van der Waals surface area contributed by atoms with Crippen LogP contribution in [0.3, 0.4) is 0 Å². The fraction of sp³-hybridized carbons (Fsp3) is 0.273. The average Bonchev–Trinajstić information content (AvgIpc) is 3.33. The lowest BCUT2D eigenvalue weighted by Crippen LogP contribution is -2.24. The molecular formula is C22H22N4O3. The van der Waals surface area contributed by atoms with E-state index in [0.29, 0.717) is 17.6 Å². The summed E-state index contributed by atoms with van der Waals surface area (Å²) in [6, 6.07) is 7.75. The van der Waals surface area contributed by atoms with Gasteiger partial charge in [-0.25, -0.2) is 0 Å². The van der Waals surface area contributed by atoms with Gasteiger partial charge in [0.05, 0.1) is 19.2 Å². The molecule has 4 rings (SSSR count). The summed E-state index contributed by atoms with van der Waals surface area (Å²) in [4.78, 5) is 20.7. The fourth-order valence-corrected chi connectivity index (χ4v) is 3.36. The van der Waals surface area contributed by atoms with E-state index < -0.39 is 0 Å². The van der Waals surface area contributed by atoms with E-state index in [1.54, 1.807) is 30.8 Å². The Bertz CT molecular complexity index is 1150. The SMILES string of the molecule is Cc1cc2occ(CC(=O)NCc3nc(-c4ccncc4)no3)c2cc1C(C)C. The Morgan fingerprint density at radius 1 is 1.21 bits per heavy atom. The number of benzene rings is 1. The van der Waals surface area contributed by atoms with Crippen LogP contribution in [0.4, 0.5) is 0 Å². The molecule has 0 spiro atoms. The molecule has 4 aromatic rings. The first-order chi connectivity index (χ1) is 14.0. The number of aryl methyl sites for hydroxylation is 1. The Labute approximate surface area is 168 Å². The van der Waals surface area contributed by atoms with E-state index in [1.807, 2.05) is 6.07 Å². The molecule has 0 aliphatic carbocycles. The van der Waals surface area contributed by atoms with Crippen molar-refractivity contribution < 1.29 is 13.7 Å². The van der Waals surface area contributed by atoms with E-state index in [2.05, 4.69) is 47.3 Å². The summed E-state index contributed by atoms with van der Waals surface area (Å²) in [5.74, 6) is 1.08. The van der Waals surface area contributed by atoms with Crippen LogP contribution in [0.5, 0.6) is 0 Å². The van der Waals surface area contributed by atoms with Crippen LogP contribution < -0.4 is 5.32 Å². The molecule has 29 heavy (non-hydrogen) atoms. The summed E-state index contributed by atoms with van der Waals surface area (Å²) < 4.78 is 10.9. The second-order valence-corrected chi connectivity index (χ2v) is 7.32. The summed E-state index contributed by atoms with van der Waals surface area (Å²) in [5.41, 5.74) is 4.92. The molecule has 0 aliphatic heterocycles. The van der Waals surface area contributed by atoms with Crippen LogP contribution in [0.25, 0.3) is 22.4 Å². The van der Waals surface area contributed by atoms with Crippen LogP contribution >= 0.6 is 0 Å². The molecule has 1 N–H and O–H groups in total. The zero-order chi connectivity index (χ0) is 20.4. The average molecular weight is 390 g/mol. The number of hydrogen-bond donors (Lipinski definition) is 1. The molecule has 1 aromatic carbocycles. The molecule has 7 nitrogen and oxygen atoms in total. The van der Waals surface area contributed by atoms with Gasteiger partial charge in [-0.05, 0) is 48.2 Å². The van der Waals surface area contributed by atoms with Gasteiger partial charge in [0.1, 0.15) is 5.58 Å². The molecule has 0 radical (unpaired) electrons. The number of furan rings is 1. The lowest BCUT2D eigenvalue weighted by atomic mass is 9.95. The van der Waals surface area contributed by atoms with Crippen LogP contribution in [0.15, 0.2) is 51.9 Å². The molecule has 0 saturated carbocycles. The van der Waals surface area contributed by atoms with Crippen LogP contribution in [0.1, 0.15) is 42.3 Å². The first-order valence-corrected chi connectivity index (χ1v) is 9.51. The monoisotopic (exact) mass is 390 g/mol. The van der Waals surface area contributed by atoms with Crippen LogP contribution in [0, 0.1) is 6.92 Å². The zero-order valence-corrected chi connectivity index (χ0v) is 16.6. The molecule has 0 unspecified atom stereocenters. The minimum Gasteiger partial charge on any atom is -0.464 e. The summed E-state index contributed by atoms with van der Waals surface area (Å²) in [6.07, 6.45) is 5.20. The van der Waals surface area contributed by atoms with E-state index in [9.17, 15) is 4.79 Å². The number of aromatic nitrogens is 3.